The molecule has 0 amide bonds. The zero-order valence-electron chi connectivity index (χ0n) is 7.92. The molecule has 1 saturated carbocycles. The summed E-state index contributed by atoms with van der Waals surface area (Å²) >= 11 is 0. The maximum absolute atomic E-state index is 10.7. The van der Waals surface area contributed by atoms with Crippen LogP contribution in [0.1, 0.15) is 13.3 Å². The summed E-state index contributed by atoms with van der Waals surface area (Å²) in [6.07, 6.45) is -0.587. The monoisotopic (exact) mass is 201 g/mol. The summed E-state index contributed by atoms with van der Waals surface area (Å²) in [5, 5.41) is 18.4. The van der Waals surface area contributed by atoms with Crippen LogP contribution in [0.3, 0.4) is 0 Å². The van der Waals surface area contributed by atoms with E-state index in [1.54, 1.807) is 6.92 Å². The van der Waals surface area contributed by atoms with Gasteiger partial charge in [0.2, 0.25) is 0 Å². The van der Waals surface area contributed by atoms with Crippen molar-refractivity contribution in [2.45, 2.75) is 25.5 Å². The van der Waals surface area contributed by atoms with Crippen LogP contribution in [0.15, 0.2) is 4.99 Å². The topological polar surface area (TPSA) is 122 Å². The van der Waals surface area contributed by atoms with Gasteiger partial charge in [-0.15, -0.1) is 0 Å². The Morgan fingerprint density at radius 3 is 2.43 bits per heavy atom. The van der Waals surface area contributed by atoms with Gasteiger partial charge in [0.15, 0.2) is 5.96 Å². The highest BCUT2D eigenvalue weighted by molar-refractivity contribution is 5.76. The third-order valence-electron chi connectivity index (χ3n) is 2.69. The predicted octanol–water partition coefficient (Wildman–Crippen LogP) is -1.27. The lowest BCUT2D eigenvalue weighted by Gasteiger charge is -2.13. The number of aliphatic carboxylic acids is 1. The van der Waals surface area contributed by atoms with Gasteiger partial charge in [0, 0.05) is 5.92 Å². The number of carboxylic acid groups (broad SMARTS) is 1. The minimum Gasteiger partial charge on any atom is -0.481 e. The summed E-state index contributed by atoms with van der Waals surface area (Å²) in [5.41, 5.74) is 10.4. The van der Waals surface area contributed by atoms with Crippen LogP contribution in [0, 0.1) is 11.8 Å². The molecule has 4 unspecified atom stereocenters. The van der Waals surface area contributed by atoms with Gasteiger partial charge in [-0.3, -0.25) is 4.79 Å². The lowest BCUT2D eigenvalue weighted by Crippen LogP contribution is -2.28. The summed E-state index contributed by atoms with van der Waals surface area (Å²) < 4.78 is 0. The van der Waals surface area contributed by atoms with Gasteiger partial charge in [-0.1, -0.05) is 6.92 Å². The van der Waals surface area contributed by atoms with Crippen molar-refractivity contribution < 1.29 is 15.0 Å². The Hall–Kier alpha value is -1.30. The Morgan fingerprint density at radius 2 is 2.07 bits per heavy atom. The summed E-state index contributed by atoms with van der Waals surface area (Å²) in [7, 11) is 0. The molecule has 0 bridgehead atoms. The van der Waals surface area contributed by atoms with Crippen LogP contribution >= 0.6 is 0 Å². The number of aliphatic hydroxyl groups is 1. The maximum Gasteiger partial charge on any atom is 0.309 e. The average Bonchev–Trinajstić information content (AvgIpc) is 2.32. The second-order valence-electron chi connectivity index (χ2n) is 3.65. The number of nitrogens with two attached hydrogens (primary N) is 2. The van der Waals surface area contributed by atoms with E-state index in [1.165, 1.54) is 0 Å². The summed E-state index contributed by atoms with van der Waals surface area (Å²) in [5.74, 6) is -2.06. The van der Waals surface area contributed by atoms with Gasteiger partial charge in [0.25, 0.3) is 0 Å². The number of hydrogen-bond acceptors (Lipinski definition) is 3. The van der Waals surface area contributed by atoms with Crippen LogP contribution in [-0.2, 0) is 4.79 Å². The number of aliphatic hydroxyl groups excluding tert-OH is 1. The summed E-state index contributed by atoms with van der Waals surface area (Å²) in [6, 6.07) is -0.295. The second-order valence-corrected chi connectivity index (χ2v) is 3.65. The van der Waals surface area contributed by atoms with Crippen molar-refractivity contribution in [1.29, 1.82) is 0 Å². The Bertz CT molecular complexity index is 263. The van der Waals surface area contributed by atoms with Gasteiger partial charge in [-0.05, 0) is 6.42 Å². The van der Waals surface area contributed by atoms with E-state index in [-0.39, 0.29) is 24.3 Å². The third kappa shape index (κ3) is 1.95. The fourth-order valence-corrected chi connectivity index (χ4v) is 1.82. The van der Waals surface area contributed by atoms with Crippen molar-refractivity contribution in [1.82, 2.24) is 0 Å². The third-order valence-corrected chi connectivity index (χ3v) is 2.69. The number of rotatable bonds is 2. The molecule has 6 nitrogen and oxygen atoms in total. The van der Waals surface area contributed by atoms with E-state index in [1.807, 2.05) is 0 Å². The normalized spacial score (nSPS) is 36.7. The molecule has 1 aliphatic rings. The quantitative estimate of drug-likeness (QED) is 0.328. The van der Waals surface area contributed by atoms with E-state index in [0.29, 0.717) is 0 Å². The molecule has 80 valence electrons. The molecule has 1 aliphatic carbocycles. The number of nitrogens with zero attached hydrogens (tertiary/aromatic N) is 1. The Balaban J connectivity index is 2.76. The molecule has 0 aliphatic heterocycles. The first-order valence-electron chi connectivity index (χ1n) is 4.43. The van der Waals surface area contributed by atoms with Gasteiger partial charge in [0.1, 0.15) is 0 Å². The van der Waals surface area contributed by atoms with Crippen LogP contribution in [0.2, 0.25) is 0 Å². The maximum atomic E-state index is 10.7. The minimum absolute atomic E-state index is 0.0694. The SMILES string of the molecule is CC1C(N=C(N)N)CC(C(=O)O)C1O. The molecule has 0 aromatic rings. The van der Waals surface area contributed by atoms with E-state index in [2.05, 4.69) is 4.99 Å². The van der Waals surface area contributed by atoms with E-state index in [0.717, 1.165) is 0 Å². The zero-order chi connectivity index (χ0) is 10.9. The lowest BCUT2D eigenvalue weighted by atomic mass is 10.0. The molecular weight excluding hydrogens is 186 g/mol. The first kappa shape index (κ1) is 10.8. The van der Waals surface area contributed by atoms with E-state index < -0.39 is 18.0 Å². The van der Waals surface area contributed by atoms with Crippen LogP contribution in [-0.4, -0.2) is 34.3 Å². The average molecular weight is 201 g/mol. The van der Waals surface area contributed by atoms with Crippen LogP contribution in [0.25, 0.3) is 0 Å². The molecule has 0 aromatic carbocycles. The fraction of sp³-hybridized carbons (Fsp3) is 0.750. The van der Waals surface area contributed by atoms with E-state index in [4.69, 9.17) is 16.6 Å². The molecule has 1 rings (SSSR count). The van der Waals surface area contributed by atoms with Crippen molar-refractivity contribution in [2.24, 2.45) is 28.3 Å². The van der Waals surface area contributed by atoms with Crippen LogP contribution < -0.4 is 11.5 Å². The number of guanidine groups is 1. The van der Waals surface area contributed by atoms with Crippen molar-refractivity contribution in [3.05, 3.63) is 0 Å². The van der Waals surface area contributed by atoms with Crippen LogP contribution in [0.5, 0.6) is 0 Å². The van der Waals surface area contributed by atoms with Gasteiger partial charge in [-0.2, -0.15) is 0 Å². The Kier molecular flexibility index (Phi) is 2.95. The van der Waals surface area contributed by atoms with Crippen molar-refractivity contribution in [3.63, 3.8) is 0 Å². The predicted molar refractivity (Wildman–Crippen MR) is 50.5 cm³/mol. The number of carboxylic acids is 1. The fourth-order valence-electron chi connectivity index (χ4n) is 1.82. The molecule has 1 fully saturated rings. The molecule has 4 atom stereocenters. The molecule has 6 heteroatoms. The molecule has 0 spiro atoms. The van der Waals surface area contributed by atoms with E-state index >= 15 is 0 Å². The highest BCUT2D eigenvalue weighted by Crippen LogP contribution is 2.33. The van der Waals surface area contributed by atoms with Gasteiger partial charge >= 0.3 is 5.97 Å². The number of carbonyl (C=O) groups is 1. The van der Waals surface area contributed by atoms with Crippen LogP contribution in [0.4, 0.5) is 0 Å². The highest BCUT2D eigenvalue weighted by Gasteiger charge is 2.43. The summed E-state index contributed by atoms with van der Waals surface area (Å²) in [4.78, 5) is 14.6. The molecule has 6 N–H and O–H groups in total. The lowest BCUT2D eigenvalue weighted by molar-refractivity contribution is -0.145. The first-order chi connectivity index (χ1) is 6.43. The minimum atomic E-state index is -1.00. The van der Waals surface area contributed by atoms with Crippen molar-refractivity contribution in [2.75, 3.05) is 0 Å². The molecule has 0 aromatic heterocycles. The Morgan fingerprint density at radius 1 is 1.50 bits per heavy atom. The molecular formula is C8H15N3O3. The largest absolute Gasteiger partial charge is 0.481 e. The van der Waals surface area contributed by atoms with Crippen molar-refractivity contribution >= 4 is 11.9 Å². The highest BCUT2D eigenvalue weighted by atomic mass is 16.4. The molecule has 0 heterocycles. The molecule has 14 heavy (non-hydrogen) atoms. The molecule has 0 saturated heterocycles. The van der Waals surface area contributed by atoms with E-state index in [9.17, 15) is 9.90 Å². The standard InChI is InChI=1S/C8H15N3O3/c1-3-5(11-8(9)10)2-4(6(3)12)7(13)14/h3-6,12H,2H2,1H3,(H,13,14)(H4,9,10,11). The molecule has 0 radical (unpaired) electrons. The van der Waals surface area contributed by atoms with Gasteiger partial charge < -0.3 is 21.7 Å². The van der Waals surface area contributed by atoms with Crippen molar-refractivity contribution in [3.8, 4) is 0 Å². The second kappa shape index (κ2) is 3.83. The van der Waals surface area contributed by atoms with Gasteiger partial charge in [-0.25, -0.2) is 4.99 Å². The zero-order valence-corrected chi connectivity index (χ0v) is 7.92. The smallest absolute Gasteiger partial charge is 0.309 e. The first-order valence-corrected chi connectivity index (χ1v) is 4.43. The number of hydrogen-bond donors (Lipinski definition) is 4. The van der Waals surface area contributed by atoms with Gasteiger partial charge in [0.05, 0.1) is 18.1 Å². The summed E-state index contributed by atoms with van der Waals surface area (Å²) in [6.45, 7) is 1.74. The Labute approximate surface area is 81.6 Å². The number of aliphatic imine (C=N–C) groups is 1.